The molecule has 0 aliphatic heterocycles. The minimum absolute atomic E-state index is 0.210. The average molecular weight is 296 g/mol. The predicted molar refractivity (Wildman–Crippen MR) is 81.5 cm³/mol. The fraction of sp³-hybridized carbons (Fsp3) is 0.0556. The van der Waals surface area contributed by atoms with Crippen molar-refractivity contribution in [2.75, 3.05) is 7.11 Å². The Hall–Kier alpha value is -2.88. The number of furan rings is 1. The van der Waals surface area contributed by atoms with E-state index in [9.17, 15) is 9.18 Å². The van der Waals surface area contributed by atoms with E-state index in [-0.39, 0.29) is 11.5 Å². The van der Waals surface area contributed by atoms with Gasteiger partial charge in [-0.2, -0.15) is 0 Å². The average Bonchev–Trinajstić information content (AvgIpc) is 3.04. The van der Waals surface area contributed by atoms with Crippen LogP contribution >= 0.6 is 0 Å². The van der Waals surface area contributed by atoms with Gasteiger partial charge in [0.2, 0.25) is 0 Å². The van der Waals surface area contributed by atoms with E-state index >= 15 is 0 Å². The highest BCUT2D eigenvalue weighted by Crippen LogP contribution is 2.29. The molecule has 3 nitrogen and oxygen atoms in total. The van der Waals surface area contributed by atoms with Gasteiger partial charge in [-0.25, -0.2) is 4.39 Å². The van der Waals surface area contributed by atoms with Gasteiger partial charge in [0.1, 0.15) is 5.76 Å². The Balaban J connectivity index is 2.00. The zero-order valence-electron chi connectivity index (χ0n) is 11.9. The molecule has 0 atom stereocenters. The smallest absolute Gasteiger partial charge is 0.185 e. The Morgan fingerprint density at radius 3 is 2.45 bits per heavy atom. The normalized spacial score (nSPS) is 10.5. The summed E-state index contributed by atoms with van der Waals surface area (Å²) in [5.41, 5.74) is 2.41. The third-order valence-electron chi connectivity index (χ3n) is 3.38. The van der Waals surface area contributed by atoms with Gasteiger partial charge in [0.15, 0.2) is 23.6 Å². The lowest BCUT2D eigenvalue weighted by Gasteiger charge is -2.07. The first-order valence-electron chi connectivity index (χ1n) is 6.70. The lowest BCUT2D eigenvalue weighted by molar-refractivity contribution is 0.110. The van der Waals surface area contributed by atoms with Crippen molar-refractivity contribution in [2.45, 2.75) is 0 Å². The summed E-state index contributed by atoms with van der Waals surface area (Å²) >= 11 is 0. The molecule has 0 saturated heterocycles. The van der Waals surface area contributed by atoms with Gasteiger partial charge in [0.25, 0.3) is 0 Å². The topological polar surface area (TPSA) is 39.4 Å². The lowest BCUT2D eigenvalue weighted by atomic mass is 10.0. The van der Waals surface area contributed by atoms with Crippen LogP contribution in [-0.2, 0) is 0 Å². The van der Waals surface area contributed by atoms with E-state index in [1.807, 2.05) is 24.3 Å². The molecule has 0 fully saturated rings. The lowest BCUT2D eigenvalue weighted by Crippen LogP contribution is -1.88. The minimum atomic E-state index is -0.411. The number of methoxy groups -OCH3 is 1. The summed E-state index contributed by atoms with van der Waals surface area (Å²) in [4.78, 5) is 10.7. The van der Waals surface area contributed by atoms with Gasteiger partial charge in [-0.3, -0.25) is 4.79 Å². The molecule has 0 aliphatic carbocycles. The van der Waals surface area contributed by atoms with Crippen LogP contribution in [0.2, 0.25) is 0 Å². The minimum Gasteiger partial charge on any atom is -0.494 e. The molecule has 22 heavy (non-hydrogen) atoms. The molecule has 110 valence electrons. The predicted octanol–water partition coefficient (Wildman–Crippen LogP) is 4.57. The standard InChI is InChI=1S/C18H13FO3/c1-21-18-7-5-13(10-16(18)19)12-3-2-4-14(9-12)17-8-6-15(11-20)22-17/h2-11H,1H3. The molecule has 0 unspecified atom stereocenters. The number of hydrogen-bond donors (Lipinski definition) is 0. The van der Waals surface area contributed by atoms with Crippen molar-refractivity contribution in [1.29, 1.82) is 0 Å². The number of carbonyl (C=O) groups is 1. The van der Waals surface area contributed by atoms with Gasteiger partial charge in [-0.15, -0.1) is 0 Å². The zero-order chi connectivity index (χ0) is 15.5. The largest absolute Gasteiger partial charge is 0.494 e. The summed E-state index contributed by atoms with van der Waals surface area (Å²) in [7, 11) is 1.43. The van der Waals surface area contributed by atoms with Crippen LogP contribution in [0.15, 0.2) is 59.0 Å². The van der Waals surface area contributed by atoms with E-state index in [1.54, 1.807) is 24.3 Å². The molecule has 3 rings (SSSR count). The summed E-state index contributed by atoms with van der Waals surface area (Å²) in [5.74, 6) is 0.669. The molecule has 0 N–H and O–H groups in total. The van der Waals surface area contributed by atoms with E-state index in [1.165, 1.54) is 13.2 Å². The van der Waals surface area contributed by atoms with Crippen LogP contribution in [0.4, 0.5) is 4.39 Å². The Labute approximate surface area is 127 Å². The van der Waals surface area contributed by atoms with Crippen molar-refractivity contribution in [3.8, 4) is 28.2 Å². The number of aldehydes is 1. The van der Waals surface area contributed by atoms with Crippen molar-refractivity contribution < 1.29 is 18.3 Å². The van der Waals surface area contributed by atoms with Gasteiger partial charge in [-0.1, -0.05) is 24.3 Å². The molecule has 0 amide bonds. The first-order chi connectivity index (χ1) is 10.7. The third kappa shape index (κ3) is 2.63. The van der Waals surface area contributed by atoms with E-state index in [0.717, 1.165) is 16.7 Å². The Bertz CT molecular complexity index is 821. The maximum atomic E-state index is 13.8. The van der Waals surface area contributed by atoms with E-state index in [4.69, 9.17) is 9.15 Å². The van der Waals surface area contributed by atoms with Gasteiger partial charge >= 0.3 is 0 Å². The molecule has 0 spiro atoms. The number of benzene rings is 2. The molecule has 1 aromatic heterocycles. The monoisotopic (exact) mass is 296 g/mol. The van der Waals surface area contributed by atoms with Crippen LogP contribution in [-0.4, -0.2) is 13.4 Å². The maximum absolute atomic E-state index is 13.8. The fourth-order valence-electron chi connectivity index (χ4n) is 2.27. The molecule has 0 saturated carbocycles. The van der Waals surface area contributed by atoms with E-state index in [2.05, 4.69) is 0 Å². The first kappa shape index (κ1) is 14.1. The molecule has 0 bridgehead atoms. The van der Waals surface area contributed by atoms with Crippen molar-refractivity contribution in [3.05, 3.63) is 66.2 Å². The van der Waals surface area contributed by atoms with Gasteiger partial charge in [0, 0.05) is 5.56 Å². The van der Waals surface area contributed by atoms with Crippen LogP contribution in [0.3, 0.4) is 0 Å². The van der Waals surface area contributed by atoms with Crippen molar-refractivity contribution in [3.63, 3.8) is 0 Å². The Morgan fingerprint density at radius 1 is 1.00 bits per heavy atom. The summed E-state index contributed by atoms with van der Waals surface area (Å²) in [6, 6.07) is 15.7. The van der Waals surface area contributed by atoms with Crippen molar-refractivity contribution in [2.24, 2.45) is 0 Å². The van der Waals surface area contributed by atoms with Gasteiger partial charge < -0.3 is 9.15 Å². The van der Waals surface area contributed by atoms with Gasteiger partial charge in [-0.05, 0) is 41.5 Å². The summed E-state index contributed by atoms with van der Waals surface area (Å²) in [6.45, 7) is 0. The second-order valence-electron chi connectivity index (χ2n) is 4.75. The number of halogens is 1. The van der Waals surface area contributed by atoms with Crippen molar-refractivity contribution in [1.82, 2.24) is 0 Å². The second-order valence-corrected chi connectivity index (χ2v) is 4.75. The number of hydrogen-bond acceptors (Lipinski definition) is 3. The van der Waals surface area contributed by atoms with E-state index in [0.29, 0.717) is 12.0 Å². The summed E-state index contributed by atoms with van der Waals surface area (Å²) in [5, 5.41) is 0. The maximum Gasteiger partial charge on any atom is 0.185 e. The fourth-order valence-corrected chi connectivity index (χ4v) is 2.27. The highest BCUT2D eigenvalue weighted by Gasteiger charge is 2.08. The molecule has 0 radical (unpaired) electrons. The summed E-state index contributed by atoms with van der Waals surface area (Å²) in [6.07, 6.45) is 0.659. The number of ether oxygens (including phenoxy) is 1. The van der Waals surface area contributed by atoms with Gasteiger partial charge in [0.05, 0.1) is 7.11 Å². The quantitative estimate of drug-likeness (QED) is 0.662. The molecule has 0 aliphatic rings. The third-order valence-corrected chi connectivity index (χ3v) is 3.38. The zero-order valence-corrected chi connectivity index (χ0v) is 11.9. The highest BCUT2D eigenvalue weighted by molar-refractivity contribution is 5.75. The van der Waals surface area contributed by atoms with Crippen LogP contribution in [0.5, 0.6) is 5.75 Å². The SMILES string of the molecule is COc1ccc(-c2cccc(-c3ccc(C=O)o3)c2)cc1F. The number of carbonyl (C=O) groups excluding carboxylic acids is 1. The Morgan fingerprint density at radius 2 is 1.77 bits per heavy atom. The molecular weight excluding hydrogens is 283 g/mol. The molecule has 4 heteroatoms. The number of rotatable bonds is 4. The van der Waals surface area contributed by atoms with E-state index < -0.39 is 5.82 Å². The molecule has 1 heterocycles. The molecular formula is C18H13FO3. The van der Waals surface area contributed by atoms with Crippen LogP contribution < -0.4 is 4.74 Å². The van der Waals surface area contributed by atoms with Crippen molar-refractivity contribution >= 4 is 6.29 Å². The Kier molecular flexibility index (Phi) is 3.74. The molecule has 2 aromatic carbocycles. The second kappa shape index (κ2) is 5.85. The highest BCUT2D eigenvalue weighted by atomic mass is 19.1. The van der Waals surface area contributed by atoms with Crippen LogP contribution in [0.25, 0.3) is 22.5 Å². The van der Waals surface area contributed by atoms with Crippen LogP contribution in [0, 0.1) is 5.82 Å². The first-order valence-corrected chi connectivity index (χ1v) is 6.70. The molecule has 3 aromatic rings. The van der Waals surface area contributed by atoms with Crippen LogP contribution in [0.1, 0.15) is 10.6 Å². The summed E-state index contributed by atoms with van der Waals surface area (Å²) < 4.78 is 24.2.